The van der Waals surface area contributed by atoms with Gasteiger partial charge in [0.05, 0.1) is 13.2 Å². The Morgan fingerprint density at radius 2 is 1.81 bits per heavy atom. The maximum atomic E-state index is 12.6. The average molecular weight is 358 g/mol. The molecule has 142 valence electrons. The number of methoxy groups -OCH3 is 2. The van der Waals surface area contributed by atoms with Gasteiger partial charge < -0.3 is 20.1 Å². The van der Waals surface area contributed by atoms with Gasteiger partial charge in [-0.15, -0.1) is 0 Å². The van der Waals surface area contributed by atoms with Gasteiger partial charge in [0.2, 0.25) is 0 Å². The summed E-state index contributed by atoms with van der Waals surface area (Å²) >= 11 is 0. The summed E-state index contributed by atoms with van der Waals surface area (Å²) in [5.74, 6) is 3.27. The maximum absolute atomic E-state index is 12.6. The molecule has 0 aromatic heterocycles. The molecule has 26 heavy (non-hydrogen) atoms. The first kappa shape index (κ1) is 17.7. The van der Waals surface area contributed by atoms with Gasteiger partial charge in [0, 0.05) is 19.2 Å². The molecule has 1 atom stereocenters. The van der Waals surface area contributed by atoms with Gasteiger partial charge in [-0.3, -0.25) is 0 Å². The summed E-state index contributed by atoms with van der Waals surface area (Å²) in [5, 5.41) is 6.38. The molecule has 0 aliphatic heterocycles. The summed E-state index contributed by atoms with van der Waals surface area (Å²) in [7, 11) is 3.32. The van der Waals surface area contributed by atoms with Gasteiger partial charge in [0.25, 0.3) is 0 Å². The summed E-state index contributed by atoms with van der Waals surface area (Å²) in [6.07, 6.45) is 7.44. The monoisotopic (exact) mass is 358 g/mol. The summed E-state index contributed by atoms with van der Waals surface area (Å²) in [6.45, 7) is 0.446. The van der Waals surface area contributed by atoms with Crippen molar-refractivity contribution in [3.8, 4) is 5.75 Å². The Labute approximate surface area is 155 Å². The van der Waals surface area contributed by atoms with E-state index >= 15 is 0 Å². The van der Waals surface area contributed by atoms with Gasteiger partial charge in [-0.2, -0.15) is 0 Å². The highest BCUT2D eigenvalue weighted by Crippen LogP contribution is 2.55. The van der Waals surface area contributed by atoms with Crippen LogP contribution in [0.25, 0.3) is 0 Å². The molecule has 5 nitrogen and oxygen atoms in total. The van der Waals surface area contributed by atoms with E-state index < -0.39 is 0 Å². The van der Waals surface area contributed by atoms with Crippen LogP contribution in [0.5, 0.6) is 5.75 Å². The molecule has 4 bridgehead atoms. The molecular formula is C21H30N2O3. The molecule has 0 heterocycles. The van der Waals surface area contributed by atoms with E-state index in [-0.39, 0.29) is 17.7 Å². The van der Waals surface area contributed by atoms with Crippen molar-refractivity contribution in [1.29, 1.82) is 0 Å². The van der Waals surface area contributed by atoms with Crippen LogP contribution < -0.4 is 15.4 Å². The second kappa shape index (κ2) is 7.10. The number of carbonyl (C=O) groups excluding carboxylic acids is 1. The van der Waals surface area contributed by atoms with Crippen molar-refractivity contribution >= 4 is 6.03 Å². The molecule has 4 fully saturated rings. The van der Waals surface area contributed by atoms with Crippen molar-refractivity contribution in [3.63, 3.8) is 0 Å². The normalized spacial score (nSPS) is 32.9. The zero-order valence-electron chi connectivity index (χ0n) is 15.8. The third-order valence-corrected chi connectivity index (χ3v) is 6.62. The molecule has 4 aliphatic rings. The van der Waals surface area contributed by atoms with Crippen LogP contribution in [-0.2, 0) is 4.74 Å². The first-order chi connectivity index (χ1) is 12.6. The Morgan fingerprint density at radius 1 is 1.15 bits per heavy atom. The predicted octanol–water partition coefficient (Wildman–Crippen LogP) is 3.65. The molecular weight excluding hydrogens is 328 g/mol. The highest BCUT2D eigenvalue weighted by molar-refractivity contribution is 5.75. The lowest BCUT2D eigenvalue weighted by atomic mass is 9.53. The quantitative estimate of drug-likeness (QED) is 0.816. The van der Waals surface area contributed by atoms with E-state index in [1.165, 1.54) is 19.3 Å². The Morgan fingerprint density at radius 3 is 2.38 bits per heavy atom. The predicted molar refractivity (Wildman–Crippen MR) is 100 cm³/mol. The molecule has 4 aliphatic carbocycles. The van der Waals surface area contributed by atoms with Crippen LogP contribution >= 0.6 is 0 Å². The van der Waals surface area contributed by atoms with Crippen LogP contribution in [-0.4, -0.2) is 32.3 Å². The summed E-state index contributed by atoms with van der Waals surface area (Å²) in [5.41, 5.74) is 1.04. The number of benzene rings is 1. The number of urea groups is 1. The van der Waals surface area contributed by atoms with Gasteiger partial charge in [0.15, 0.2) is 0 Å². The molecule has 1 aromatic rings. The fourth-order valence-corrected chi connectivity index (χ4v) is 5.91. The SMILES string of the molecule is COc1cccc([C@H](CNC(=O)NC23CC4CC(CC(C4)C2)C3)OC)c1. The molecule has 2 amide bonds. The molecule has 5 heteroatoms. The van der Waals surface area contributed by atoms with Crippen LogP contribution in [0, 0.1) is 17.8 Å². The maximum Gasteiger partial charge on any atom is 0.315 e. The minimum atomic E-state index is -0.188. The minimum Gasteiger partial charge on any atom is -0.497 e. The van der Waals surface area contributed by atoms with Gasteiger partial charge in [-0.05, 0) is 74.0 Å². The molecule has 2 N–H and O–H groups in total. The largest absolute Gasteiger partial charge is 0.497 e. The number of carbonyl (C=O) groups is 1. The number of hydrogen-bond acceptors (Lipinski definition) is 3. The van der Waals surface area contributed by atoms with Crippen LogP contribution in [0.3, 0.4) is 0 Å². The summed E-state index contributed by atoms with van der Waals surface area (Å²) in [4.78, 5) is 12.6. The molecule has 5 rings (SSSR count). The van der Waals surface area contributed by atoms with Crippen LogP contribution in [0.1, 0.15) is 50.2 Å². The second-order valence-corrected chi connectivity index (χ2v) is 8.53. The standard InChI is InChI=1S/C21H30N2O3/c1-25-18-5-3-4-17(9-18)19(26-2)13-22-20(24)23-21-10-14-6-15(11-21)8-16(7-14)12-21/h3-5,9,14-16,19H,6-8,10-13H2,1-2H3,(H2,22,23,24)/t14?,15?,16?,19-,21?/m0/s1. The van der Waals surface area contributed by atoms with Crippen LogP contribution in [0.4, 0.5) is 4.79 Å². The second-order valence-electron chi connectivity index (χ2n) is 8.53. The lowest BCUT2D eigenvalue weighted by molar-refractivity contribution is -0.0137. The fraction of sp³-hybridized carbons (Fsp3) is 0.667. The van der Waals surface area contributed by atoms with Crippen molar-refractivity contribution in [2.45, 2.75) is 50.2 Å². The van der Waals surface area contributed by atoms with Crippen LogP contribution in [0.2, 0.25) is 0 Å². The zero-order chi connectivity index (χ0) is 18.1. The van der Waals surface area contributed by atoms with Gasteiger partial charge >= 0.3 is 6.03 Å². The Balaban J connectivity index is 1.34. The van der Waals surface area contributed by atoms with Crippen LogP contribution in [0.15, 0.2) is 24.3 Å². The fourth-order valence-electron chi connectivity index (χ4n) is 5.91. The van der Waals surface area contributed by atoms with E-state index in [0.717, 1.165) is 48.3 Å². The van der Waals surface area contributed by atoms with Crippen molar-refractivity contribution in [3.05, 3.63) is 29.8 Å². The van der Waals surface area contributed by atoms with Gasteiger partial charge in [-0.1, -0.05) is 12.1 Å². The number of hydrogen-bond donors (Lipinski definition) is 2. The van der Waals surface area contributed by atoms with Gasteiger partial charge in [0.1, 0.15) is 5.75 Å². The van der Waals surface area contributed by atoms with E-state index in [4.69, 9.17) is 9.47 Å². The highest BCUT2D eigenvalue weighted by Gasteiger charge is 2.51. The third kappa shape index (κ3) is 3.54. The van der Waals surface area contributed by atoms with E-state index in [1.54, 1.807) is 14.2 Å². The Hall–Kier alpha value is -1.75. The lowest BCUT2D eigenvalue weighted by Crippen LogP contribution is -2.61. The molecule has 0 unspecified atom stereocenters. The third-order valence-electron chi connectivity index (χ3n) is 6.62. The smallest absolute Gasteiger partial charge is 0.315 e. The topological polar surface area (TPSA) is 59.6 Å². The number of rotatable bonds is 6. The van der Waals surface area contributed by atoms with E-state index in [2.05, 4.69) is 10.6 Å². The zero-order valence-corrected chi connectivity index (χ0v) is 15.8. The summed E-state index contributed by atoms with van der Waals surface area (Å²) < 4.78 is 10.9. The first-order valence-electron chi connectivity index (χ1n) is 9.82. The first-order valence-corrected chi connectivity index (χ1v) is 9.82. The number of amides is 2. The number of nitrogens with one attached hydrogen (secondary N) is 2. The number of ether oxygens (including phenoxy) is 2. The van der Waals surface area contributed by atoms with Gasteiger partial charge in [-0.25, -0.2) is 4.79 Å². The van der Waals surface area contributed by atoms with E-state index in [0.29, 0.717) is 6.54 Å². The molecule has 1 aromatic carbocycles. The van der Waals surface area contributed by atoms with Crippen molar-refractivity contribution in [2.24, 2.45) is 17.8 Å². The average Bonchev–Trinajstić information content (AvgIpc) is 2.61. The highest BCUT2D eigenvalue weighted by atomic mass is 16.5. The molecule has 4 saturated carbocycles. The molecule has 0 saturated heterocycles. The summed E-state index contributed by atoms with van der Waals surface area (Å²) in [6, 6.07) is 7.73. The Bertz CT molecular complexity index is 625. The van der Waals surface area contributed by atoms with E-state index in [1.807, 2.05) is 24.3 Å². The lowest BCUT2D eigenvalue weighted by Gasteiger charge is -2.56. The van der Waals surface area contributed by atoms with E-state index in [9.17, 15) is 4.79 Å². The van der Waals surface area contributed by atoms with Crippen molar-refractivity contribution in [1.82, 2.24) is 10.6 Å². The van der Waals surface area contributed by atoms with Crippen molar-refractivity contribution < 1.29 is 14.3 Å². The van der Waals surface area contributed by atoms with Crippen molar-refractivity contribution in [2.75, 3.05) is 20.8 Å². The Kier molecular flexibility index (Phi) is 4.82. The minimum absolute atomic E-state index is 0.0391. The molecule has 0 spiro atoms. The molecule has 0 radical (unpaired) electrons.